The van der Waals surface area contributed by atoms with Gasteiger partial charge in [0.2, 0.25) is 5.95 Å². The molecule has 1 aromatic heterocycles. The first-order valence-electron chi connectivity index (χ1n) is 17.9. The molecule has 0 aromatic carbocycles. The zero-order chi connectivity index (χ0) is 30.8. The van der Waals surface area contributed by atoms with Crippen molar-refractivity contribution in [1.82, 2.24) is 14.9 Å². The lowest BCUT2D eigenvalue weighted by molar-refractivity contribution is -0.128. The molecule has 0 bridgehead atoms. The van der Waals surface area contributed by atoms with Crippen LogP contribution in [0.15, 0.2) is 41.5 Å². The van der Waals surface area contributed by atoms with Gasteiger partial charge in [0.05, 0.1) is 6.54 Å². The summed E-state index contributed by atoms with van der Waals surface area (Å²) in [6.45, 7) is 13.1. The molecule has 2 saturated carbocycles. The Kier molecular flexibility index (Phi) is 7.42. The number of hydrogen-bond donors (Lipinski definition) is 0. The summed E-state index contributed by atoms with van der Waals surface area (Å²) >= 11 is 0. The third kappa shape index (κ3) is 5.06. The number of aromatic nitrogens is 2. The standard InChI is InChI=1S/C37H50N6O2/c1-36-13-11-27(44)23-26(36)7-8-28-29-9-10-31(37(29,2)14-12-30(28)36)32(45)25-40-19-21-42(22-20-40)34-24-33(41-15-3-4-16-41)38-35(39-34)43-17-5-6-18-43/h11-13,23-24,28-29,31H,3-10,14-22,25H2,1-2H3/t28?,29-,31+,36-,37-/m0/s1. The van der Waals surface area contributed by atoms with Crippen molar-refractivity contribution in [2.45, 2.75) is 71.6 Å². The van der Waals surface area contributed by atoms with Gasteiger partial charge in [-0.2, -0.15) is 9.97 Å². The van der Waals surface area contributed by atoms with E-state index in [2.05, 4.69) is 51.7 Å². The average Bonchev–Trinajstić information content (AvgIpc) is 3.83. The number of hydrogen-bond acceptors (Lipinski definition) is 8. The van der Waals surface area contributed by atoms with Crippen LogP contribution in [0.4, 0.5) is 17.6 Å². The molecule has 1 aromatic rings. The molecule has 5 fully saturated rings. The number of Topliss-reactive ketones (excluding diaryl/α,β-unsaturated/α-hetero) is 1. The van der Waals surface area contributed by atoms with E-state index in [9.17, 15) is 9.59 Å². The first-order chi connectivity index (χ1) is 21.8. The fourth-order valence-corrected chi connectivity index (χ4v) is 10.3. The number of carbonyl (C=O) groups excluding carboxylic acids is 2. The smallest absolute Gasteiger partial charge is 0.229 e. The molecule has 240 valence electrons. The lowest BCUT2D eigenvalue weighted by Crippen LogP contribution is -2.50. The van der Waals surface area contributed by atoms with E-state index >= 15 is 0 Å². The quantitative estimate of drug-likeness (QED) is 0.407. The summed E-state index contributed by atoms with van der Waals surface area (Å²) in [6.07, 6.45) is 18.4. The molecule has 8 nitrogen and oxygen atoms in total. The van der Waals surface area contributed by atoms with Crippen molar-refractivity contribution in [1.29, 1.82) is 0 Å². The van der Waals surface area contributed by atoms with Crippen LogP contribution in [0.25, 0.3) is 0 Å². The fraction of sp³-hybridized carbons (Fsp3) is 0.676. The lowest BCUT2D eigenvalue weighted by Gasteiger charge is -2.52. The van der Waals surface area contributed by atoms with Crippen LogP contribution in [-0.2, 0) is 9.59 Å². The molecule has 4 aliphatic carbocycles. The van der Waals surface area contributed by atoms with Crippen LogP contribution in [0.5, 0.6) is 0 Å². The van der Waals surface area contributed by atoms with Crippen LogP contribution in [0.3, 0.4) is 0 Å². The van der Waals surface area contributed by atoms with Crippen molar-refractivity contribution in [3.8, 4) is 0 Å². The lowest BCUT2D eigenvalue weighted by atomic mass is 9.52. The molecule has 7 aliphatic rings. The van der Waals surface area contributed by atoms with Gasteiger partial charge in [-0.15, -0.1) is 0 Å². The molecule has 0 N–H and O–H groups in total. The summed E-state index contributed by atoms with van der Waals surface area (Å²) in [6, 6.07) is 2.21. The molecule has 8 rings (SSSR count). The second kappa shape index (κ2) is 11.4. The van der Waals surface area contributed by atoms with Crippen LogP contribution >= 0.6 is 0 Å². The van der Waals surface area contributed by atoms with Gasteiger partial charge in [-0.3, -0.25) is 14.5 Å². The molecular weight excluding hydrogens is 560 g/mol. The Morgan fingerprint density at radius 3 is 2.24 bits per heavy atom. The first kappa shape index (κ1) is 29.4. The number of rotatable bonds is 6. The highest BCUT2D eigenvalue weighted by atomic mass is 16.1. The van der Waals surface area contributed by atoms with E-state index in [1.165, 1.54) is 36.8 Å². The molecule has 45 heavy (non-hydrogen) atoms. The maximum absolute atomic E-state index is 14.0. The normalized spacial score (nSPS) is 34.8. The highest BCUT2D eigenvalue weighted by Crippen LogP contribution is 2.64. The summed E-state index contributed by atoms with van der Waals surface area (Å²) in [7, 11) is 0. The van der Waals surface area contributed by atoms with Gasteiger partial charge in [0.25, 0.3) is 0 Å². The molecule has 0 spiro atoms. The van der Waals surface area contributed by atoms with Crippen molar-refractivity contribution < 1.29 is 9.59 Å². The SMILES string of the molecule is C[C@]12C=CC(=O)C=C1CCC1C2=CC[C@]2(C)[C@@H](C(=O)CN3CCN(c4cc(N5CCCC5)nc(N5CCCC5)n4)CC3)CC[C@@H]12. The summed E-state index contributed by atoms with van der Waals surface area (Å²) in [5.74, 6) is 4.82. The number of ketones is 2. The van der Waals surface area contributed by atoms with Gasteiger partial charge >= 0.3 is 0 Å². The molecule has 0 amide bonds. The number of fused-ring (bicyclic) bond motifs is 5. The number of nitrogens with zero attached hydrogens (tertiary/aromatic N) is 6. The zero-order valence-corrected chi connectivity index (χ0v) is 27.3. The Balaban J connectivity index is 0.930. The van der Waals surface area contributed by atoms with E-state index in [0.29, 0.717) is 24.2 Å². The highest BCUT2D eigenvalue weighted by Gasteiger charge is 2.57. The Labute approximate surface area is 268 Å². The van der Waals surface area contributed by atoms with E-state index < -0.39 is 0 Å². The van der Waals surface area contributed by atoms with Crippen molar-refractivity contribution in [3.05, 3.63) is 41.5 Å². The highest BCUT2D eigenvalue weighted by molar-refractivity contribution is 6.01. The Bertz CT molecular complexity index is 1410. The predicted octanol–water partition coefficient (Wildman–Crippen LogP) is 5.21. The van der Waals surface area contributed by atoms with Crippen molar-refractivity contribution >= 4 is 29.2 Å². The van der Waals surface area contributed by atoms with Crippen LogP contribution in [0.2, 0.25) is 0 Å². The van der Waals surface area contributed by atoms with Gasteiger partial charge in [-0.1, -0.05) is 30.2 Å². The molecule has 4 heterocycles. The maximum Gasteiger partial charge on any atom is 0.229 e. The van der Waals surface area contributed by atoms with Crippen molar-refractivity contribution in [2.24, 2.45) is 28.6 Å². The molecule has 3 aliphatic heterocycles. The summed E-state index contributed by atoms with van der Waals surface area (Å²) in [4.78, 5) is 45.8. The van der Waals surface area contributed by atoms with E-state index in [0.717, 1.165) is 102 Å². The minimum atomic E-state index is -0.117. The topological polar surface area (TPSA) is 72.9 Å². The minimum absolute atomic E-state index is 0.0394. The van der Waals surface area contributed by atoms with Gasteiger partial charge in [-0.05, 0) is 94.1 Å². The Hall–Kier alpha value is -3.00. The number of carbonyl (C=O) groups is 2. The van der Waals surface area contributed by atoms with Gasteiger partial charge in [0, 0.05) is 69.8 Å². The Morgan fingerprint density at radius 2 is 1.53 bits per heavy atom. The van der Waals surface area contributed by atoms with Gasteiger partial charge in [0.1, 0.15) is 17.4 Å². The van der Waals surface area contributed by atoms with Gasteiger partial charge in [0.15, 0.2) is 5.78 Å². The largest absolute Gasteiger partial charge is 0.356 e. The van der Waals surface area contributed by atoms with Crippen molar-refractivity contribution in [2.75, 3.05) is 73.6 Å². The molecule has 0 radical (unpaired) electrons. The Morgan fingerprint density at radius 1 is 0.867 bits per heavy atom. The summed E-state index contributed by atoms with van der Waals surface area (Å²) in [5, 5.41) is 0. The zero-order valence-electron chi connectivity index (χ0n) is 27.3. The van der Waals surface area contributed by atoms with Crippen molar-refractivity contribution in [3.63, 3.8) is 0 Å². The van der Waals surface area contributed by atoms with Crippen LogP contribution < -0.4 is 14.7 Å². The van der Waals surface area contributed by atoms with E-state index in [-0.39, 0.29) is 22.5 Å². The summed E-state index contributed by atoms with van der Waals surface area (Å²) in [5.41, 5.74) is 2.72. The second-order valence-electron chi connectivity index (χ2n) is 15.4. The van der Waals surface area contributed by atoms with Gasteiger partial charge < -0.3 is 14.7 Å². The molecule has 5 atom stereocenters. The van der Waals surface area contributed by atoms with E-state index in [1.807, 2.05) is 6.08 Å². The fourth-order valence-electron chi connectivity index (χ4n) is 10.3. The maximum atomic E-state index is 14.0. The molecular formula is C37H50N6O2. The summed E-state index contributed by atoms with van der Waals surface area (Å²) < 4.78 is 0. The monoisotopic (exact) mass is 610 g/mol. The van der Waals surface area contributed by atoms with Gasteiger partial charge in [-0.25, -0.2) is 0 Å². The van der Waals surface area contributed by atoms with Crippen LogP contribution in [0.1, 0.15) is 71.6 Å². The van der Waals surface area contributed by atoms with E-state index in [4.69, 9.17) is 9.97 Å². The molecule has 3 saturated heterocycles. The number of piperazine rings is 1. The predicted molar refractivity (Wildman–Crippen MR) is 179 cm³/mol. The average molecular weight is 611 g/mol. The molecule has 8 heteroatoms. The third-order valence-electron chi connectivity index (χ3n) is 12.9. The van der Waals surface area contributed by atoms with E-state index in [1.54, 1.807) is 6.08 Å². The molecule has 1 unspecified atom stereocenters. The minimum Gasteiger partial charge on any atom is -0.356 e. The number of allylic oxidation sites excluding steroid dienone is 6. The second-order valence-corrected chi connectivity index (χ2v) is 15.4. The van der Waals surface area contributed by atoms with Crippen LogP contribution in [-0.4, -0.2) is 85.3 Å². The number of anilines is 3. The third-order valence-corrected chi connectivity index (χ3v) is 12.9. The first-order valence-corrected chi connectivity index (χ1v) is 17.9. The van der Waals surface area contributed by atoms with Crippen LogP contribution in [0, 0.1) is 28.6 Å².